The van der Waals surface area contributed by atoms with E-state index in [0.717, 1.165) is 5.57 Å². The van der Waals surface area contributed by atoms with Gasteiger partial charge in [0.15, 0.2) is 5.78 Å². The van der Waals surface area contributed by atoms with Crippen LogP contribution in [0, 0.1) is 5.92 Å². The molecule has 0 aromatic rings. The summed E-state index contributed by atoms with van der Waals surface area (Å²) in [5.41, 5.74) is 1.13. The predicted octanol–water partition coefficient (Wildman–Crippen LogP) is 2.98. The van der Waals surface area contributed by atoms with Crippen LogP contribution in [0.5, 0.6) is 0 Å². The highest BCUT2D eigenvalue weighted by atomic mass is 16.5. The molecule has 2 heteroatoms. The van der Waals surface area contributed by atoms with Crippen LogP contribution in [0.3, 0.4) is 0 Å². The first-order valence-corrected chi connectivity index (χ1v) is 6.08. The number of carbonyl (C=O) groups excluding carboxylic acids is 1. The summed E-state index contributed by atoms with van der Waals surface area (Å²) in [6, 6.07) is 0. The van der Waals surface area contributed by atoms with Crippen molar-refractivity contribution in [2.75, 3.05) is 0 Å². The SMILES string of the molecule is C/C=C\C1C=C2C=CC(=O)C[C@H]2OC1/C=C/C. The molecule has 2 aliphatic rings. The third kappa shape index (κ3) is 2.64. The Bertz CT molecular complexity index is 413. The zero-order valence-electron chi connectivity index (χ0n) is 10.3. The van der Waals surface area contributed by atoms with Gasteiger partial charge in [-0.2, -0.15) is 0 Å². The van der Waals surface area contributed by atoms with Crippen molar-refractivity contribution in [1.29, 1.82) is 0 Å². The number of rotatable bonds is 2. The van der Waals surface area contributed by atoms with Gasteiger partial charge in [0.1, 0.15) is 0 Å². The lowest BCUT2D eigenvalue weighted by molar-refractivity contribution is -0.118. The molecule has 0 bridgehead atoms. The highest BCUT2D eigenvalue weighted by molar-refractivity contribution is 5.92. The van der Waals surface area contributed by atoms with E-state index < -0.39 is 0 Å². The van der Waals surface area contributed by atoms with Gasteiger partial charge in [0.05, 0.1) is 12.2 Å². The van der Waals surface area contributed by atoms with Gasteiger partial charge in [-0.3, -0.25) is 4.79 Å². The maximum atomic E-state index is 11.4. The van der Waals surface area contributed by atoms with Gasteiger partial charge in [-0.1, -0.05) is 36.5 Å². The summed E-state index contributed by atoms with van der Waals surface area (Å²) in [5.74, 6) is 0.413. The Kier molecular flexibility index (Phi) is 3.75. The average molecular weight is 230 g/mol. The Balaban J connectivity index is 2.29. The molecule has 0 saturated carbocycles. The number of allylic oxidation sites excluding steroid dienone is 3. The van der Waals surface area contributed by atoms with Gasteiger partial charge in [0.2, 0.25) is 0 Å². The number of ketones is 1. The molecule has 1 aliphatic heterocycles. The van der Waals surface area contributed by atoms with E-state index in [4.69, 9.17) is 4.74 Å². The predicted molar refractivity (Wildman–Crippen MR) is 68.6 cm³/mol. The fourth-order valence-corrected chi connectivity index (χ4v) is 2.30. The van der Waals surface area contributed by atoms with E-state index in [0.29, 0.717) is 6.42 Å². The number of fused-ring (bicyclic) bond motifs is 1. The van der Waals surface area contributed by atoms with Gasteiger partial charge in [-0.15, -0.1) is 0 Å². The molecular formula is C15H18O2. The first-order valence-electron chi connectivity index (χ1n) is 6.08. The normalized spacial score (nSPS) is 33.2. The molecule has 0 aromatic heterocycles. The Morgan fingerprint density at radius 1 is 1.24 bits per heavy atom. The van der Waals surface area contributed by atoms with Crippen LogP contribution in [0.4, 0.5) is 0 Å². The van der Waals surface area contributed by atoms with Crippen molar-refractivity contribution < 1.29 is 9.53 Å². The quantitative estimate of drug-likeness (QED) is 0.682. The molecular weight excluding hydrogens is 212 g/mol. The Labute approximate surface area is 102 Å². The number of ether oxygens (including phenoxy) is 1. The maximum absolute atomic E-state index is 11.4. The van der Waals surface area contributed by atoms with Gasteiger partial charge in [0, 0.05) is 12.3 Å². The van der Waals surface area contributed by atoms with Crippen LogP contribution >= 0.6 is 0 Å². The van der Waals surface area contributed by atoms with Crippen molar-refractivity contribution in [2.45, 2.75) is 32.5 Å². The lowest BCUT2D eigenvalue weighted by atomic mass is 9.88. The van der Waals surface area contributed by atoms with E-state index in [1.54, 1.807) is 6.08 Å². The van der Waals surface area contributed by atoms with Crippen LogP contribution in [0.15, 0.2) is 48.1 Å². The van der Waals surface area contributed by atoms with E-state index in [1.165, 1.54) is 0 Å². The van der Waals surface area contributed by atoms with Crippen molar-refractivity contribution in [3.05, 3.63) is 48.1 Å². The van der Waals surface area contributed by atoms with Gasteiger partial charge < -0.3 is 4.74 Å². The summed E-state index contributed by atoms with van der Waals surface area (Å²) in [5, 5.41) is 0. The molecule has 90 valence electrons. The third-order valence-electron chi connectivity index (χ3n) is 3.10. The molecule has 0 saturated heterocycles. The van der Waals surface area contributed by atoms with Crippen LogP contribution in [0.25, 0.3) is 0 Å². The van der Waals surface area contributed by atoms with E-state index in [9.17, 15) is 4.79 Å². The third-order valence-corrected chi connectivity index (χ3v) is 3.10. The van der Waals surface area contributed by atoms with E-state index in [2.05, 4.69) is 18.2 Å². The van der Waals surface area contributed by atoms with Gasteiger partial charge >= 0.3 is 0 Å². The molecule has 0 aromatic carbocycles. The maximum Gasteiger partial charge on any atom is 0.158 e. The molecule has 3 atom stereocenters. The monoisotopic (exact) mass is 230 g/mol. The Morgan fingerprint density at radius 3 is 2.71 bits per heavy atom. The van der Waals surface area contributed by atoms with Crippen molar-refractivity contribution in [3.8, 4) is 0 Å². The van der Waals surface area contributed by atoms with Crippen molar-refractivity contribution >= 4 is 5.78 Å². The molecule has 0 spiro atoms. The van der Waals surface area contributed by atoms with Crippen LogP contribution in [-0.4, -0.2) is 18.0 Å². The second-order valence-electron chi connectivity index (χ2n) is 4.39. The van der Waals surface area contributed by atoms with Gasteiger partial charge in [-0.25, -0.2) is 0 Å². The molecule has 2 rings (SSSR count). The van der Waals surface area contributed by atoms with E-state index in [-0.39, 0.29) is 23.9 Å². The van der Waals surface area contributed by atoms with E-state index in [1.807, 2.05) is 32.1 Å². The topological polar surface area (TPSA) is 26.3 Å². The second-order valence-corrected chi connectivity index (χ2v) is 4.39. The van der Waals surface area contributed by atoms with Crippen LogP contribution < -0.4 is 0 Å². The summed E-state index contributed by atoms with van der Waals surface area (Å²) >= 11 is 0. The first kappa shape index (κ1) is 12.1. The van der Waals surface area contributed by atoms with E-state index >= 15 is 0 Å². The lowest BCUT2D eigenvalue weighted by Crippen LogP contribution is -2.34. The van der Waals surface area contributed by atoms with Crippen LogP contribution in [0.1, 0.15) is 20.3 Å². The molecule has 2 unspecified atom stereocenters. The lowest BCUT2D eigenvalue weighted by Gasteiger charge is -2.33. The highest BCUT2D eigenvalue weighted by Crippen LogP contribution is 2.30. The minimum absolute atomic E-state index is 0.0456. The second kappa shape index (κ2) is 5.28. The minimum Gasteiger partial charge on any atom is -0.365 e. The van der Waals surface area contributed by atoms with Crippen LogP contribution in [0.2, 0.25) is 0 Å². The molecule has 1 heterocycles. The van der Waals surface area contributed by atoms with Crippen molar-refractivity contribution in [1.82, 2.24) is 0 Å². The molecule has 2 nitrogen and oxygen atoms in total. The standard InChI is InChI=1S/C15H18O2/c1-3-5-11-9-12-7-8-13(16)10-15(12)17-14(11)6-4-2/h3-9,11,14-15H,10H2,1-2H3/b5-3-,6-4+/t11?,14?,15-/m1/s1. The fraction of sp³-hybridized carbons (Fsp3) is 0.400. The zero-order valence-corrected chi connectivity index (χ0v) is 10.3. The summed E-state index contributed by atoms with van der Waals surface area (Å²) in [4.78, 5) is 11.4. The number of carbonyl (C=O) groups is 1. The fourth-order valence-electron chi connectivity index (χ4n) is 2.30. The van der Waals surface area contributed by atoms with Crippen molar-refractivity contribution in [2.24, 2.45) is 5.92 Å². The van der Waals surface area contributed by atoms with Gasteiger partial charge in [-0.05, 0) is 25.5 Å². The minimum atomic E-state index is -0.0600. The highest BCUT2D eigenvalue weighted by Gasteiger charge is 2.30. The number of hydrogen-bond donors (Lipinski definition) is 0. The summed E-state index contributed by atoms with van der Waals surface area (Å²) in [7, 11) is 0. The van der Waals surface area contributed by atoms with Crippen molar-refractivity contribution in [3.63, 3.8) is 0 Å². The molecule has 17 heavy (non-hydrogen) atoms. The van der Waals surface area contributed by atoms with Crippen LogP contribution in [-0.2, 0) is 9.53 Å². The average Bonchev–Trinajstić information content (AvgIpc) is 2.31. The summed E-state index contributed by atoms with van der Waals surface area (Å²) < 4.78 is 5.99. The molecule has 0 radical (unpaired) electrons. The summed E-state index contributed by atoms with van der Waals surface area (Å²) in [6.07, 6.45) is 14.4. The molecule has 0 amide bonds. The molecule has 0 fully saturated rings. The Morgan fingerprint density at radius 2 is 2.00 bits per heavy atom. The van der Waals surface area contributed by atoms with Gasteiger partial charge in [0.25, 0.3) is 0 Å². The zero-order chi connectivity index (χ0) is 12.3. The molecule has 1 aliphatic carbocycles. The summed E-state index contributed by atoms with van der Waals surface area (Å²) in [6.45, 7) is 4.00. The smallest absolute Gasteiger partial charge is 0.158 e. The first-order chi connectivity index (χ1) is 8.24. The number of hydrogen-bond acceptors (Lipinski definition) is 2. The molecule has 0 N–H and O–H groups in total. The largest absolute Gasteiger partial charge is 0.365 e. The Hall–Kier alpha value is -1.41.